The van der Waals surface area contributed by atoms with Gasteiger partial charge in [0.05, 0.1) is 5.69 Å². The van der Waals surface area contributed by atoms with Gasteiger partial charge in [0.25, 0.3) is 0 Å². The Balaban J connectivity index is 2.37. The number of nitrogens with one attached hydrogen (secondary N) is 1. The summed E-state index contributed by atoms with van der Waals surface area (Å²) in [5, 5.41) is 7.90. The van der Waals surface area contributed by atoms with Crippen molar-refractivity contribution in [2.24, 2.45) is 0 Å². The van der Waals surface area contributed by atoms with E-state index in [2.05, 4.69) is 56.5 Å². The Labute approximate surface area is 122 Å². The molecule has 0 saturated heterocycles. The van der Waals surface area contributed by atoms with Gasteiger partial charge in [0.2, 0.25) is 0 Å². The van der Waals surface area contributed by atoms with E-state index < -0.39 is 0 Å². The summed E-state index contributed by atoms with van der Waals surface area (Å²) in [5.74, 6) is 1.71. The molecule has 0 unspecified atom stereocenters. The smallest absolute Gasteiger partial charge is 0.148 e. The lowest BCUT2D eigenvalue weighted by Crippen LogP contribution is -2.16. The highest BCUT2D eigenvalue weighted by Crippen LogP contribution is 2.21. The Kier molecular flexibility index (Phi) is 4.71. The van der Waals surface area contributed by atoms with Crippen LogP contribution in [0.15, 0.2) is 22.7 Å². The third-order valence-electron chi connectivity index (χ3n) is 2.89. The van der Waals surface area contributed by atoms with Crippen molar-refractivity contribution in [3.8, 4) is 5.69 Å². The maximum absolute atomic E-state index is 4.47. The lowest BCUT2D eigenvalue weighted by atomic mass is 10.1. The van der Waals surface area contributed by atoms with Crippen molar-refractivity contribution < 1.29 is 0 Å². The van der Waals surface area contributed by atoms with Crippen LogP contribution in [0.3, 0.4) is 0 Å². The van der Waals surface area contributed by atoms with E-state index in [9.17, 15) is 0 Å². The molecule has 0 radical (unpaired) electrons. The molecule has 0 aliphatic heterocycles. The molecule has 1 aromatic heterocycles. The highest BCUT2D eigenvalue weighted by atomic mass is 79.9. The fourth-order valence-electron chi connectivity index (χ4n) is 2.03. The van der Waals surface area contributed by atoms with E-state index in [1.165, 1.54) is 5.56 Å². The second-order valence-electron chi connectivity index (χ2n) is 4.57. The molecule has 102 valence electrons. The third kappa shape index (κ3) is 3.42. The van der Waals surface area contributed by atoms with E-state index in [1.807, 2.05) is 18.5 Å². The predicted octanol–water partition coefficient (Wildman–Crippen LogP) is 3.15. The van der Waals surface area contributed by atoms with Gasteiger partial charge >= 0.3 is 0 Å². The molecule has 2 rings (SSSR count). The lowest BCUT2D eigenvalue weighted by Gasteiger charge is -2.12. The molecule has 5 heteroatoms. The second-order valence-corrected chi connectivity index (χ2v) is 5.48. The topological polar surface area (TPSA) is 42.7 Å². The SMILES string of the molecule is CCCNCc1ccc(Br)cc1-n1nc(C)nc1C. The van der Waals surface area contributed by atoms with Crippen LogP contribution in [0.4, 0.5) is 0 Å². The zero-order chi connectivity index (χ0) is 13.8. The van der Waals surface area contributed by atoms with Gasteiger partial charge in [-0.1, -0.05) is 28.9 Å². The van der Waals surface area contributed by atoms with E-state index in [0.29, 0.717) is 0 Å². The summed E-state index contributed by atoms with van der Waals surface area (Å²) in [7, 11) is 0. The highest BCUT2D eigenvalue weighted by molar-refractivity contribution is 9.10. The van der Waals surface area contributed by atoms with Crippen LogP contribution in [0.25, 0.3) is 5.69 Å². The zero-order valence-corrected chi connectivity index (χ0v) is 13.2. The molecule has 1 heterocycles. The van der Waals surface area contributed by atoms with E-state index >= 15 is 0 Å². The average Bonchev–Trinajstić information content (AvgIpc) is 2.70. The van der Waals surface area contributed by atoms with Crippen LogP contribution >= 0.6 is 15.9 Å². The monoisotopic (exact) mass is 322 g/mol. The number of hydrogen-bond donors (Lipinski definition) is 1. The van der Waals surface area contributed by atoms with Gasteiger partial charge in [-0.05, 0) is 44.5 Å². The molecule has 0 saturated carbocycles. The van der Waals surface area contributed by atoms with Gasteiger partial charge < -0.3 is 5.32 Å². The zero-order valence-electron chi connectivity index (χ0n) is 11.6. The maximum Gasteiger partial charge on any atom is 0.148 e. The fourth-order valence-corrected chi connectivity index (χ4v) is 2.38. The Morgan fingerprint density at radius 1 is 1.32 bits per heavy atom. The summed E-state index contributed by atoms with van der Waals surface area (Å²) in [4.78, 5) is 4.37. The molecule has 1 N–H and O–H groups in total. The van der Waals surface area contributed by atoms with Crippen LogP contribution in [-0.4, -0.2) is 21.3 Å². The Morgan fingerprint density at radius 2 is 2.11 bits per heavy atom. The van der Waals surface area contributed by atoms with Crippen molar-refractivity contribution in [3.63, 3.8) is 0 Å². The molecule has 0 fully saturated rings. The Bertz CT molecular complexity index is 563. The average molecular weight is 323 g/mol. The molecule has 0 aliphatic carbocycles. The van der Waals surface area contributed by atoms with Crippen molar-refractivity contribution in [3.05, 3.63) is 39.9 Å². The van der Waals surface area contributed by atoms with Crippen molar-refractivity contribution in [2.45, 2.75) is 33.7 Å². The third-order valence-corrected chi connectivity index (χ3v) is 3.39. The van der Waals surface area contributed by atoms with E-state index in [-0.39, 0.29) is 0 Å². The van der Waals surface area contributed by atoms with Gasteiger partial charge in [-0.2, -0.15) is 5.10 Å². The van der Waals surface area contributed by atoms with Gasteiger partial charge in [-0.15, -0.1) is 0 Å². The van der Waals surface area contributed by atoms with Gasteiger partial charge in [0.15, 0.2) is 0 Å². The molecule has 0 amide bonds. The number of hydrogen-bond acceptors (Lipinski definition) is 3. The Morgan fingerprint density at radius 3 is 2.74 bits per heavy atom. The quantitative estimate of drug-likeness (QED) is 0.860. The summed E-state index contributed by atoms with van der Waals surface area (Å²) in [6.07, 6.45) is 1.13. The number of nitrogens with zero attached hydrogens (tertiary/aromatic N) is 3. The highest BCUT2D eigenvalue weighted by Gasteiger charge is 2.10. The minimum atomic E-state index is 0.796. The molecule has 19 heavy (non-hydrogen) atoms. The summed E-state index contributed by atoms with van der Waals surface area (Å²) >= 11 is 3.52. The molecule has 2 aromatic rings. The van der Waals surface area contributed by atoms with Crippen LogP contribution < -0.4 is 5.32 Å². The second kappa shape index (κ2) is 6.30. The summed E-state index contributed by atoms with van der Waals surface area (Å²) in [6.45, 7) is 7.92. The molecule has 4 nitrogen and oxygen atoms in total. The number of halogens is 1. The van der Waals surface area contributed by atoms with Crippen molar-refractivity contribution in [1.82, 2.24) is 20.1 Å². The normalized spacial score (nSPS) is 10.9. The number of rotatable bonds is 5. The first-order valence-electron chi connectivity index (χ1n) is 6.51. The van der Waals surface area contributed by atoms with Crippen LogP contribution in [0.2, 0.25) is 0 Å². The maximum atomic E-state index is 4.47. The predicted molar refractivity (Wildman–Crippen MR) is 80.5 cm³/mol. The number of aromatic nitrogens is 3. The largest absolute Gasteiger partial charge is 0.313 e. The molecular weight excluding hydrogens is 304 g/mol. The van der Waals surface area contributed by atoms with Gasteiger partial charge in [0, 0.05) is 11.0 Å². The lowest BCUT2D eigenvalue weighted by molar-refractivity contribution is 0.668. The number of benzene rings is 1. The Hall–Kier alpha value is -1.20. The molecular formula is C14H19BrN4. The fraction of sp³-hybridized carbons (Fsp3) is 0.429. The van der Waals surface area contributed by atoms with E-state index in [4.69, 9.17) is 0 Å². The molecule has 0 spiro atoms. The van der Waals surface area contributed by atoms with Gasteiger partial charge in [-0.25, -0.2) is 9.67 Å². The van der Waals surface area contributed by atoms with Gasteiger partial charge in [-0.3, -0.25) is 0 Å². The van der Waals surface area contributed by atoms with Crippen molar-refractivity contribution in [2.75, 3.05) is 6.54 Å². The summed E-state index contributed by atoms with van der Waals surface area (Å²) < 4.78 is 2.96. The first-order valence-corrected chi connectivity index (χ1v) is 7.31. The van der Waals surface area contributed by atoms with E-state index in [1.54, 1.807) is 0 Å². The minimum absolute atomic E-state index is 0.796. The van der Waals surface area contributed by atoms with Crippen molar-refractivity contribution in [1.29, 1.82) is 0 Å². The molecule has 1 aromatic carbocycles. The van der Waals surface area contributed by atoms with Crippen molar-refractivity contribution >= 4 is 15.9 Å². The first kappa shape index (κ1) is 14.2. The molecule has 0 bridgehead atoms. The standard InChI is InChI=1S/C14H19BrN4/c1-4-7-16-9-12-5-6-13(15)8-14(12)19-11(3)17-10(2)18-19/h5-6,8,16H,4,7,9H2,1-3H3. The van der Waals surface area contributed by atoms with E-state index in [0.717, 1.165) is 41.3 Å². The van der Waals surface area contributed by atoms with Crippen LogP contribution in [0.1, 0.15) is 30.6 Å². The van der Waals surface area contributed by atoms with Gasteiger partial charge in [0.1, 0.15) is 11.6 Å². The van der Waals surface area contributed by atoms with Crippen LogP contribution in [0, 0.1) is 13.8 Å². The summed E-state index contributed by atoms with van der Waals surface area (Å²) in [5.41, 5.74) is 2.31. The van der Waals surface area contributed by atoms with Crippen LogP contribution in [0.5, 0.6) is 0 Å². The molecule has 0 aliphatic rings. The molecule has 0 atom stereocenters. The first-order chi connectivity index (χ1) is 9.11. The summed E-state index contributed by atoms with van der Waals surface area (Å²) in [6, 6.07) is 6.27. The van der Waals surface area contributed by atoms with Crippen LogP contribution in [-0.2, 0) is 6.54 Å². The minimum Gasteiger partial charge on any atom is -0.313 e. The number of aryl methyl sites for hydroxylation is 2.